The number of pyridine rings is 1. The number of aromatic nitrogens is 4. The zero-order chi connectivity index (χ0) is 13.9. The first kappa shape index (κ1) is 13.2. The van der Waals surface area contributed by atoms with Crippen LogP contribution in [0.5, 0.6) is 0 Å². The number of hydrogen-bond acceptors (Lipinski definition) is 4. The molecule has 1 aliphatic heterocycles. The van der Waals surface area contributed by atoms with Crippen LogP contribution < -0.4 is 0 Å². The van der Waals surface area contributed by atoms with E-state index in [2.05, 4.69) is 28.6 Å². The van der Waals surface area contributed by atoms with E-state index in [0.29, 0.717) is 12.0 Å². The van der Waals surface area contributed by atoms with Crippen molar-refractivity contribution in [2.75, 3.05) is 13.2 Å². The molecule has 0 amide bonds. The highest BCUT2D eigenvalue weighted by Gasteiger charge is 2.24. The molecule has 0 bridgehead atoms. The molecule has 106 valence electrons. The SMILES string of the molecule is CC(C)n1nc(-c2cccnc2)nc1C1CCOCC1. The van der Waals surface area contributed by atoms with Crippen molar-refractivity contribution < 1.29 is 4.74 Å². The molecule has 3 heterocycles. The summed E-state index contributed by atoms with van der Waals surface area (Å²) < 4.78 is 7.50. The van der Waals surface area contributed by atoms with Crippen LogP contribution in [0, 0.1) is 0 Å². The van der Waals surface area contributed by atoms with E-state index in [0.717, 1.165) is 43.3 Å². The molecule has 1 fully saturated rings. The first-order chi connectivity index (χ1) is 9.75. The Bertz CT molecular complexity index is 559. The molecule has 2 aromatic rings. The highest BCUT2D eigenvalue weighted by Crippen LogP contribution is 2.29. The molecule has 5 nitrogen and oxygen atoms in total. The van der Waals surface area contributed by atoms with Gasteiger partial charge in [-0.3, -0.25) is 4.98 Å². The first-order valence-corrected chi connectivity index (χ1v) is 7.20. The smallest absolute Gasteiger partial charge is 0.182 e. The summed E-state index contributed by atoms with van der Waals surface area (Å²) in [6, 6.07) is 4.23. The standard InChI is InChI=1S/C15H20N4O/c1-11(2)19-15(12-5-8-20-9-6-12)17-14(18-19)13-4-3-7-16-10-13/h3-4,7,10-12H,5-6,8-9H2,1-2H3. The Balaban J connectivity index is 1.98. The molecule has 0 N–H and O–H groups in total. The van der Waals surface area contributed by atoms with Gasteiger partial charge >= 0.3 is 0 Å². The number of hydrogen-bond donors (Lipinski definition) is 0. The van der Waals surface area contributed by atoms with Crippen LogP contribution in [-0.4, -0.2) is 33.0 Å². The predicted octanol–water partition coefficient (Wildman–Crippen LogP) is 2.82. The molecule has 0 unspecified atom stereocenters. The van der Waals surface area contributed by atoms with Crippen molar-refractivity contribution >= 4 is 0 Å². The maximum atomic E-state index is 5.45. The molecule has 20 heavy (non-hydrogen) atoms. The van der Waals surface area contributed by atoms with Crippen molar-refractivity contribution in [1.29, 1.82) is 0 Å². The van der Waals surface area contributed by atoms with Crippen LogP contribution >= 0.6 is 0 Å². The Kier molecular flexibility index (Phi) is 3.78. The highest BCUT2D eigenvalue weighted by molar-refractivity contribution is 5.52. The minimum absolute atomic E-state index is 0.311. The van der Waals surface area contributed by atoms with Crippen LogP contribution in [0.1, 0.15) is 44.5 Å². The summed E-state index contributed by atoms with van der Waals surface area (Å²) in [4.78, 5) is 8.93. The summed E-state index contributed by atoms with van der Waals surface area (Å²) in [5.41, 5.74) is 0.972. The quantitative estimate of drug-likeness (QED) is 0.862. The molecule has 5 heteroatoms. The fourth-order valence-corrected chi connectivity index (χ4v) is 2.57. The largest absolute Gasteiger partial charge is 0.381 e. The zero-order valence-electron chi connectivity index (χ0n) is 12.0. The Morgan fingerprint density at radius 2 is 2.10 bits per heavy atom. The Morgan fingerprint density at radius 3 is 2.75 bits per heavy atom. The molecule has 1 aliphatic rings. The minimum Gasteiger partial charge on any atom is -0.381 e. The lowest BCUT2D eigenvalue weighted by molar-refractivity contribution is 0.0823. The van der Waals surface area contributed by atoms with E-state index >= 15 is 0 Å². The average Bonchev–Trinajstić information content (AvgIpc) is 2.94. The second-order valence-electron chi connectivity index (χ2n) is 5.46. The van der Waals surface area contributed by atoms with Crippen molar-refractivity contribution in [3.8, 4) is 11.4 Å². The second kappa shape index (κ2) is 5.71. The third-order valence-electron chi connectivity index (χ3n) is 3.65. The normalized spacial score (nSPS) is 16.8. The van der Waals surface area contributed by atoms with Crippen molar-refractivity contribution in [1.82, 2.24) is 19.7 Å². The molecule has 0 aromatic carbocycles. The fraction of sp³-hybridized carbons (Fsp3) is 0.533. The summed E-state index contributed by atoms with van der Waals surface area (Å²) in [7, 11) is 0. The number of nitrogens with zero attached hydrogens (tertiary/aromatic N) is 4. The first-order valence-electron chi connectivity index (χ1n) is 7.20. The van der Waals surface area contributed by atoms with Crippen molar-refractivity contribution in [2.24, 2.45) is 0 Å². The van der Waals surface area contributed by atoms with Crippen molar-refractivity contribution in [3.05, 3.63) is 30.4 Å². The van der Waals surface area contributed by atoms with Gasteiger partial charge in [-0.2, -0.15) is 5.10 Å². The van der Waals surface area contributed by atoms with Gasteiger partial charge in [0.15, 0.2) is 5.82 Å². The number of rotatable bonds is 3. The van der Waals surface area contributed by atoms with E-state index in [4.69, 9.17) is 9.72 Å². The van der Waals surface area contributed by atoms with Gasteiger partial charge in [0.25, 0.3) is 0 Å². The van der Waals surface area contributed by atoms with Crippen LogP contribution in [0.3, 0.4) is 0 Å². The minimum atomic E-state index is 0.311. The molecule has 2 aromatic heterocycles. The van der Waals surface area contributed by atoms with E-state index in [-0.39, 0.29) is 0 Å². The van der Waals surface area contributed by atoms with Crippen LogP contribution in [0.15, 0.2) is 24.5 Å². The van der Waals surface area contributed by atoms with Crippen LogP contribution in [0.2, 0.25) is 0 Å². The van der Waals surface area contributed by atoms with E-state index in [9.17, 15) is 0 Å². The Labute approximate surface area is 119 Å². The van der Waals surface area contributed by atoms with E-state index in [1.165, 1.54) is 0 Å². The molecular formula is C15H20N4O. The maximum Gasteiger partial charge on any atom is 0.182 e. The number of ether oxygens (including phenoxy) is 1. The van der Waals surface area contributed by atoms with Gasteiger partial charge in [-0.05, 0) is 38.8 Å². The van der Waals surface area contributed by atoms with Gasteiger partial charge in [-0.15, -0.1) is 0 Å². The average molecular weight is 272 g/mol. The van der Waals surface area contributed by atoms with Crippen molar-refractivity contribution in [2.45, 2.75) is 38.6 Å². The van der Waals surface area contributed by atoms with Crippen LogP contribution in [0.4, 0.5) is 0 Å². The van der Waals surface area contributed by atoms with Gasteiger partial charge in [0.2, 0.25) is 0 Å². The molecule has 0 aliphatic carbocycles. The molecule has 0 atom stereocenters. The third-order valence-corrected chi connectivity index (χ3v) is 3.65. The van der Waals surface area contributed by atoms with E-state index < -0.39 is 0 Å². The molecule has 0 spiro atoms. The van der Waals surface area contributed by atoms with E-state index in [1.807, 2.05) is 18.3 Å². The zero-order valence-corrected chi connectivity index (χ0v) is 12.0. The predicted molar refractivity (Wildman–Crippen MR) is 76.4 cm³/mol. The summed E-state index contributed by atoms with van der Waals surface area (Å²) in [6.45, 7) is 5.92. The van der Waals surface area contributed by atoms with E-state index in [1.54, 1.807) is 6.20 Å². The summed E-state index contributed by atoms with van der Waals surface area (Å²) >= 11 is 0. The topological polar surface area (TPSA) is 52.8 Å². The summed E-state index contributed by atoms with van der Waals surface area (Å²) in [5, 5.41) is 4.68. The summed E-state index contributed by atoms with van der Waals surface area (Å²) in [6.07, 6.45) is 5.63. The third kappa shape index (κ3) is 2.58. The summed E-state index contributed by atoms with van der Waals surface area (Å²) in [5.74, 6) is 2.31. The van der Waals surface area contributed by atoms with Gasteiger partial charge in [0.05, 0.1) is 0 Å². The molecule has 1 saturated heterocycles. The van der Waals surface area contributed by atoms with Gasteiger partial charge in [-0.1, -0.05) is 0 Å². The van der Waals surface area contributed by atoms with Gasteiger partial charge in [0.1, 0.15) is 5.82 Å². The lowest BCUT2D eigenvalue weighted by atomic mass is 9.99. The van der Waals surface area contributed by atoms with Crippen LogP contribution in [0.25, 0.3) is 11.4 Å². The van der Waals surface area contributed by atoms with Gasteiger partial charge in [0, 0.05) is 43.1 Å². The lowest BCUT2D eigenvalue weighted by Gasteiger charge is -2.22. The maximum absolute atomic E-state index is 5.45. The molecular weight excluding hydrogens is 252 g/mol. The second-order valence-corrected chi connectivity index (χ2v) is 5.46. The Hall–Kier alpha value is -1.75. The Morgan fingerprint density at radius 1 is 1.30 bits per heavy atom. The van der Waals surface area contributed by atoms with Crippen LogP contribution in [-0.2, 0) is 4.74 Å². The lowest BCUT2D eigenvalue weighted by Crippen LogP contribution is -2.19. The molecule has 0 radical (unpaired) electrons. The van der Waals surface area contributed by atoms with Crippen molar-refractivity contribution in [3.63, 3.8) is 0 Å². The fourth-order valence-electron chi connectivity index (χ4n) is 2.57. The van der Waals surface area contributed by atoms with Gasteiger partial charge < -0.3 is 4.74 Å². The monoisotopic (exact) mass is 272 g/mol. The van der Waals surface area contributed by atoms with Gasteiger partial charge in [-0.25, -0.2) is 9.67 Å². The molecule has 0 saturated carbocycles. The highest BCUT2D eigenvalue weighted by atomic mass is 16.5. The molecule has 3 rings (SSSR count).